The summed E-state index contributed by atoms with van der Waals surface area (Å²) in [4.78, 5) is 65.3. The Kier molecular flexibility index (Phi) is 12.9. The SMILES string of the molecule is CC[N+]1=C(C(=O)O)C(=O)c2cc(F)c(N3CCN(C(=O)OCc4ccc(NC(=O)CN/C=C(\N)C(NC(=O)C(N)C(C)C)C(C)C)cc4)CC3)cc21. The van der Waals surface area contributed by atoms with Crippen molar-refractivity contribution in [3.8, 4) is 0 Å². The summed E-state index contributed by atoms with van der Waals surface area (Å²) in [5.41, 5.74) is 13.9. The first-order valence-corrected chi connectivity index (χ1v) is 17.2. The summed E-state index contributed by atoms with van der Waals surface area (Å²) in [5, 5.41) is 18.0. The number of carbonyl (C=O) groups excluding carboxylic acids is 4. The fourth-order valence-corrected chi connectivity index (χ4v) is 5.90. The molecular weight excluding hydrogens is 675 g/mol. The summed E-state index contributed by atoms with van der Waals surface area (Å²) in [6.45, 7) is 10.5. The summed E-state index contributed by atoms with van der Waals surface area (Å²) >= 11 is 0. The van der Waals surface area contributed by atoms with Gasteiger partial charge in [0.2, 0.25) is 17.5 Å². The summed E-state index contributed by atoms with van der Waals surface area (Å²) in [5.74, 6) is -3.40. The minimum atomic E-state index is -1.37. The number of piperazine rings is 1. The Labute approximate surface area is 301 Å². The molecule has 2 atom stereocenters. The minimum absolute atomic E-state index is 0.00271. The van der Waals surface area contributed by atoms with Crippen molar-refractivity contribution < 1.29 is 42.8 Å². The van der Waals surface area contributed by atoms with Crippen LogP contribution in [0.4, 0.5) is 26.2 Å². The Morgan fingerprint density at radius 1 is 1.04 bits per heavy atom. The van der Waals surface area contributed by atoms with Crippen molar-refractivity contribution in [1.82, 2.24) is 15.5 Å². The highest BCUT2D eigenvalue weighted by Crippen LogP contribution is 2.34. The van der Waals surface area contributed by atoms with Gasteiger partial charge in [-0.1, -0.05) is 39.8 Å². The van der Waals surface area contributed by atoms with E-state index < -0.39 is 41.5 Å². The number of Topliss-reactive ketones (excluding diaryl/α,β-unsaturated/α-hetero) is 1. The lowest BCUT2D eigenvalue weighted by atomic mass is 9.99. The zero-order chi connectivity index (χ0) is 38.3. The maximum absolute atomic E-state index is 15.1. The predicted molar refractivity (Wildman–Crippen MR) is 193 cm³/mol. The molecule has 0 aromatic heterocycles. The van der Waals surface area contributed by atoms with Gasteiger partial charge >= 0.3 is 17.8 Å². The molecule has 15 nitrogen and oxygen atoms in total. The van der Waals surface area contributed by atoms with Gasteiger partial charge in [-0.2, -0.15) is 4.58 Å². The van der Waals surface area contributed by atoms with Gasteiger partial charge in [-0.05, 0) is 42.5 Å². The van der Waals surface area contributed by atoms with E-state index >= 15 is 4.39 Å². The molecule has 280 valence electrons. The molecule has 52 heavy (non-hydrogen) atoms. The molecule has 16 heteroatoms. The summed E-state index contributed by atoms with van der Waals surface area (Å²) < 4.78 is 22.0. The van der Waals surface area contributed by atoms with Gasteiger partial charge in [0.25, 0.3) is 5.78 Å². The zero-order valence-corrected chi connectivity index (χ0v) is 30.1. The first-order valence-electron chi connectivity index (χ1n) is 17.2. The lowest BCUT2D eigenvalue weighted by molar-refractivity contribution is -0.431. The van der Waals surface area contributed by atoms with Crippen molar-refractivity contribution in [2.45, 2.75) is 53.3 Å². The molecule has 2 aliphatic rings. The second kappa shape index (κ2) is 17.1. The van der Waals surface area contributed by atoms with Gasteiger partial charge in [-0.3, -0.25) is 14.4 Å². The maximum atomic E-state index is 15.1. The molecule has 2 heterocycles. The van der Waals surface area contributed by atoms with Crippen LogP contribution in [0.1, 0.15) is 50.5 Å². The van der Waals surface area contributed by atoms with Crippen LogP contribution >= 0.6 is 0 Å². The Bertz CT molecular complexity index is 1750. The van der Waals surface area contributed by atoms with Crippen LogP contribution in [0.25, 0.3) is 0 Å². The number of benzene rings is 2. The van der Waals surface area contributed by atoms with E-state index in [-0.39, 0.29) is 67.7 Å². The number of ketones is 1. The summed E-state index contributed by atoms with van der Waals surface area (Å²) in [7, 11) is 0. The fraction of sp³-hybridized carbons (Fsp3) is 0.444. The average molecular weight is 724 g/mol. The molecule has 2 aromatic rings. The Balaban J connectivity index is 1.23. The second-order valence-electron chi connectivity index (χ2n) is 13.3. The van der Waals surface area contributed by atoms with Crippen LogP contribution in [0, 0.1) is 17.7 Å². The number of hydrogen-bond acceptors (Lipinski definition) is 10. The van der Waals surface area contributed by atoms with Gasteiger partial charge in [0.1, 0.15) is 24.5 Å². The maximum Gasteiger partial charge on any atom is 0.410 e. The lowest BCUT2D eigenvalue weighted by Crippen LogP contribution is -2.51. The van der Waals surface area contributed by atoms with Crippen LogP contribution in [0.15, 0.2) is 48.3 Å². The molecule has 8 N–H and O–H groups in total. The van der Waals surface area contributed by atoms with E-state index in [1.165, 1.54) is 21.7 Å². The number of nitrogens with zero attached hydrogens (tertiary/aromatic N) is 3. The van der Waals surface area contributed by atoms with Gasteiger partial charge in [-0.25, -0.2) is 14.0 Å². The molecule has 2 aromatic carbocycles. The van der Waals surface area contributed by atoms with Gasteiger partial charge in [0.15, 0.2) is 0 Å². The van der Waals surface area contributed by atoms with Gasteiger partial charge in [-0.15, -0.1) is 0 Å². The number of anilines is 2. The number of carboxylic acids is 1. The Morgan fingerprint density at radius 2 is 1.69 bits per heavy atom. The van der Waals surface area contributed by atoms with E-state index in [1.807, 2.05) is 27.7 Å². The van der Waals surface area contributed by atoms with Crippen LogP contribution in [-0.4, -0.2) is 101 Å². The Morgan fingerprint density at radius 3 is 2.27 bits per heavy atom. The van der Waals surface area contributed by atoms with Crippen molar-refractivity contribution in [1.29, 1.82) is 0 Å². The lowest BCUT2D eigenvalue weighted by Gasteiger charge is -2.35. The molecular formula is C36H48FN8O7+. The number of halogens is 1. The molecule has 1 saturated heterocycles. The third kappa shape index (κ3) is 9.23. The number of nitrogens with one attached hydrogen (secondary N) is 3. The number of rotatable bonds is 14. The highest BCUT2D eigenvalue weighted by Gasteiger charge is 2.43. The van der Waals surface area contributed by atoms with E-state index in [0.29, 0.717) is 35.7 Å². The van der Waals surface area contributed by atoms with E-state index in [0.717, 1.165) is 6.07 Å². The highest BCUT2D eigenvalue weighted by molar-refractivity contribution is 6.67. The molecule has 2 aliphatic heterocycles. The number of ether oxygens (including phenoxy) is 1. The van der Waals surface area contributed by atoms with E-state index in [9.17, 15) is 29.1 Å². The largest absolute Gasteiger partial charge is 0.473 e. The average Bonchev–Trinajstić information content (AvgIpc) is 3.39. The number of nitrogens with two attached hydrogens (primary N) is 2. The number of hydrogen-bond donors (Lipinski definition) is 6. The molecule has 0 aliphatic carbocycles. The summed E-state index contributed by atoms with van der Waals surface area (Å²) in [6, 6.07) is 8.25. The monoisotopic (exact) mass is 723 g/mol. The third-order valence-electron chi connectivity index (χ3n) is 8.96. The number of carbonyl (C=O) groups is 5. The third-order valence-corrected chi connectivity index (χ3v) is 8.96. The number of aliphatic carboxylic acids is 1. The standard InChI is InChI=1S/C36H47FN8O7/c1-6-45-27-16-28(25(37)15-24(27)33(47)32(45)35(49)50)43-11-13-44(14-12-43)36(51)52-19-22-7-9-23(10-8-22)41-29(46)18-40-17-26(38)31(21(4)5)42-34(48)30(39)20(2)3/h7-10,15-17,20-21,30-31,38H,6,11-14,18-19,39H2,1-5H3,(H4,41,42,46,47,48,49,50)/p+1. The van der Waals surface area contributed by atoms with Crippen LogP contribution in [0.5, 0.6) is 0 Å². The van der Waals surface area contributed by atoms with E-state index in [1.54, 1.807) is 36.1 Å². The zero-order valence-electron chi connectivity index (χ0n) is 30.1. The van der Waals surface area contributed by atoms with E-state index in [4.69, 9.17) is 16.2 Å². The second-order valence-corrected chi connectivity index (χ2v) is 13.3. The minimum Gasteiger partial charge on any atom is -0.473 e. The van der Waals surface area contributed by atoms with E-state index in [2.05, 4.69) is 16.0 Å². The molecule has 2 unspecified atom stereocenters. The van der Waals surface area contributed by atoms with Crippen LogP contribution in [-0.2, 0) is 25.7 Å². The number of carboxylic acid groups (broad SMARTS) is 1. The molecule has 4 rings (SSSR count). The first-order chi connectivity index (χ1) is 24.6. The first kappa shape index (κ1) is 39.3. The predicted octanol–water partition coefficient (Wildman–Crippen LogP) is 2.12. The molecule has 0 saturated carbocycles. The van der Waals surface area contributed by atoms with Gasteiger partial charge in [0, 0.05) is 49.8 Å². The van der Waals surface area contributed by atoms with Gasteiger partial charge < -0.3 is 47.1 Å². The molecule has 0 bridgehead atoms. The topological polar surface area (TPSA) is 212 Å². The Hall–Kier alpha value is -5.51. The number of amides is 3. The van der Waals surface area contributed by atoms with Crippen LogP contribution < -0.4 is 32.3 Å². The van der Waals surface area contributed by atoms with Crippen molar-refractivity contribution in [2.24, 2.45) is 23.3 Å². The molecule has 3 amide bonds. The molecule has 1 fully saturated rings. The smallest absolute Gasteiger partial charge is 0.410 e. The molecule has 0 radical (unpaired) electrons. The van der Waals surface area contributed by atoms with Crippen LogP contribution in [0.2, 0.25) is 0 Å². The highest BCUT2D eigenvalue weighted by atomic mass is 19.1. The van der Waals surface area contributed by atoms with Crippen molar-refractivity contribution in [3.05, 3.63) is 65.2 Å². The number of fused-ring (bicyclic) bond motifs is 1. The summed E-state index contributed by atoms with van der Waals surface area (Å²) in [6.07, 6.45) is 0.962. The van der Waals surface area contributed by atoms with Gasteiger partial charge in [0.05, 0.1) is 24.3 Å². The van der Waals surface area contributed by atoms with Crippen molar-refractivity contribution >= 4 is 52.4 Å². The quantitative estimate of drug-likeness (QED) is 0.155. The van der Waals surface area contributed by atoms with Crippen LogP contribution in [0.3, 0.4) is 0 Å². The fourth-order valence-electron chi connectivity index (χ4n) is 5.90. The molecule has 0 spiro atoms. The van der Waals surface area contributed by atoms with Crippen molar-refractivity contribution in [3.63, 3.8) is 0 Å². The van der Waals surface area contributed by atoms with Crippen molar-refractivity contribution in [2.75, 3.05) is 49.5 Å². The normalized spacial score (nSPS) is 15.8.